The molecule has 0 radical (unpaired) electrons. The molecule has 1 nitrogen and oxygen atoms in total. The molecule has 0 atom stereocenters. The summed E-state index contributed by atoms with van der Waals surface area (Å²) in [6.45, 7) is 12.4. The summed E-state index contributed by atoms with van der Waals surface area (Å²) in [6, 6.07) is 17.8. The van der Waals surface area contributed by atoms with Gasteiger partial charge in [-0.3, -0.25) is 0 Å². The number of benzene rings is 2. The minimum Gasteiger partial charge on any atom is -0.375 e. The lowest BCUT2D eigenvalue weighted by atomic mass is 9.81. The van der Waals surface area contributed by atoms with Crippen molar-refractivity contribution >= 4 is 5.69 Å². The van der Waals surface area contributed by atoms with E-state index >= 15 is 0 Å². The minimum atomic E-state index is 0.190. The third-order valence-electron chi connectivity index (χ3n) is 4.85. The van der Waals surface area contributed by atoms with Gasteiger partial charge < -0.3 is 4.90 Å². The highest BCUT2D eigenvalue weighted by molar-refractivity contribution is 5.48. The first-order valence-electron chi connectivity index (χ1n) is 8.68. The molecule has 0 saturated carbocycles. The van der Waals surface area contributed by atoms with Gasteiger partial charge in [-0.1, -0.05) is 69.7 Å². The number of rotatable bonds is 6. The van der Waals surface area contributed by atoms with E-state index in [1.165, 1.54) is 22.4 Å². The van der Waals surface area contributed by atoms with E-state index in [-0.39, 0.29) is 5.41 Å². The summed E-state index contributed by atoms with van der Waals surface area (Å²) in [5.74, 6) is 0.576. The summed E-state index contributed by atoms with van der Waals surface area (Å²) >= 11 is 0. The summed E-state index contributed by atoms with van der Waals surface area (Å²) in [6.07, 6.45) is 1.14. The van der Waals surface area contributed by atoms with Crippen molar-refractivity contribution in [2.75, 3.05) is 18.5 Å². The molecule has 0 amide bonds. The Morgan fingerprint density at radius 3 is 2.35 bits per heavy atom. The molecule has 0 aromatic heterocycles. The Morgan fingerprint density at radius 1 is 1.00 bits per heavy atom. The first-order valence-corrected chi connectivity index (χ1v) is 8.68. The zero-order valence-electron chi connectivity index (χ0n) is 15.6. The maximum Gasteiger partial charge on any atom is 0.0366 e. The quantitative estimate of drug-likeness (QED) is 0.640. The fourth-order valence-corrected chi connectivity index (χ4v) is 2.91. The predicted octanol–water partition coefficient (Wildman–Crippen LogP) is 5.92. The van der Waals surface area contributed by atoms with E-state index < -0.39 is 0 Å². The zero-order valence-corrected chi connectivity index (χ0v) is 15.6. The number of nitrogens with zero attached hydrogens (tertiary/aromatic N) is 1. The van der Waals surface area contributed by atoms with Gasteiger partial charge in [-0.15, -0.1) is 0 Å². The second kappa shape index (κ2) is 7.21. The molecular formula is C22H31N. The summed E-state index contributed by atoms with van der Waals surface area (Å²) in [4.78, 5) is 2.38. The van der Waals surface area contributed by atoms with Crippen molar-refractivity contribution in [3.05, 3.63) is 65.2 Å². The molecular weight excluding hydrogens is 278 g/mol. The van der Waals surface area contributed by atoms with Crippen LogP contribution in [0.5, 0.6) is 0 Å². The standard InChI is InChI=1S/C22H31N/c1-17(2)19-10-8-12-21(16-19)23(6)14-13-22(4,5)20-11-7-9-18(3)15-20/h7-12,15-17H,13-14H2,1-6H3. The number of anilines is 1. The zero-order chi connectivity index (χ0) is 17.0. The summed E-state index contributed by atoms with van der Waals surface area (Å²) in [5, 5.41) is 0. The number of aryl methyl sites for hydroxylation is 1. The molecule has 2 aromatic carbocycles. The molecule has 2 aromatic rings. The Hall–Kier alpha value is -1.76. The van der Waals surface area contributed by atoms with Gasteiger partial charge in [0, 0.05) is 19.3 Å². The molecule has 23 heavy (non-hydrogen) atoms. The van der Waals surface area contributed by atoms with Crippen LogP contribution in [0.15, 0.2) is 48.5 Å². The molecule has 0 bridgehead atoms. The van der Waals surface area contributed by atoms with Crippen LogP contribution in [-0.4, -0.2) is 13.6 Å². The summed E-state index contributed by atoms with van der Waals surface area (Å²) in [7, 11) is 2.20. The van der Waals surface area contributed by atoms with E-state index in [9.17, 15) is 0 Å². The minimum absolute atomic E-state index is 0.190. The maximum atomic E-state index is 2.38. The lowest BCUT2D eigenvalue weighted by Gasteiger charge is -2.29. The van der Waals surface area contributed by atoms with E-state index in [0.29, 0.717) is 5.92 Å². The van der Waals surface area contributed by atoms with Crippen molar-refractivity contribution in [2.45, 2.75) is 52.4 Å². The van der Waals surface area contributed by atoms with Crippen molar-refractivity contribution in [3.8, 4) is 0 Å². The number of hydrogen-bond acceptors (Lipinski definition) is 1. The highest BCUT2D eigenvalue weighted by Crippen LogP contribution is 2.29. The Morgan fingerprint density at radius 2 is 1.70 bits per heavy atom. The van der Waals surface area contributed by atoms with E-state index in [2.05, 4.69) is 95.1 Å². The van der Waals surface area contributed by atoms with Gasteiger partial charge in [0.2, 0.25) is 0 Å². The highest BCUT2D eigenvalue weighted by Gasteiger charge is 2.21. The molecule has 0 aliphatic carbocycles. The van der Waals surface area contributed by atoms with Crippen LogP contribution in [0.4, 0.5) is 5.69 Å². The Bertz CT molecular complexity index is 640. The third-order valence-corrected chi connectivity index (χ3v) is 4.85. The maximum absolute atomic E-state index is 2.38. The average molecular weight is 309 g/mol. The van der Waals surface area contributed by atoms with Crippen LogP contribution in [0.2, 0.25) is 0 Å². The van der Waals surface area contributed by atoms with Crippen LogP contribution in [0.3, 0.4) is 0 Å². The highest BCUT2D eigenvalue weighted by atomic mass is 15.1. The fraction of sp³-hybridized carbons (Fsp3) is 0.455. The largest absolute Gasteiger partial charge is 0.375 e. The second-order valence-electron chi connectivity index (χ2n) is 7.67. The van der Waals surface area contributed by atoms with Crippen molar-refractivity contribution < 1.29 is 0 Å². The molecule has 0 fully saturated rings. The van der Waals surface area contributed by atoms with E-state index in [0.717, 1.165) is 13.0 Å². The van der Waals surface area contributed by atoms with Gasteiger partial charge in [-0.2, -0.15) is 0 Å². The predicted molar refractivity (Wildman–Crippen MR) is 103 cm³/mol. The van der Waals surface area contributed by atoms with Gasteiger partial charge in [0.1, 0.15) is 0 Å². The van der Waals surface area contributed by atoms with Gasteiger partial charge in [0.25, 0.3) is 0 Å². The van der Waals surface area contributed by atoms with Gasteiger partial charge in [-0.05, 0) is 47.9 Å². The molecule has 0 N–H and O–H groups in total. The Kier molecular flexibility index (Phi) is 5.51. The van der Waals surface area contributed by atoms with Gasteiger partial charge in [0.05, 0.1) is 0 Å². The van der Waals surface area contributed by atoms with Crippen LogP contribution in [-0.2, 0) is 5.41 Å². The van der Waals surface area contributed by atoms with Gasteiger partial charge in [0.15, 0.2) is 0 Å². The summed E-state index contributed by atoms with van der Waals surface area (Å²) in [5.41, 5.74) is 5.69. The van der Waals surface area contributed by atoms with E-state index in [4.69, 9.17) is 0 Å². The lowest BCUT2D eigenvalue weighted by molar-refractivity contribution is 0.482. The smallest absolute Gasteiger partial charge is 0.0366 e. The van der Waals surface area contributed by atoms with Crippen molar-refractivity contribution in [2.24, 2.45) is 0 Å². The van der Waals surface area contributed by atoms with Gasteiger partial charge in [-0.25, -0.2) is 0 Å². The third kappa shape index (κ3) is 4.60. The van der Waals surface area contributed by atoms with Crippen LogP contribution in [0.1, 0.15) is 56.7 Å². The molecule has 0 heterocycles. The topological polar surface area (TPSA) is 3.24 Å². The molecule has 0 spiro atoms. The molecule has 0 aliphatic heterocycles. The average Bonchev–Trinajstić information content (AvgIpc) is 2.53. The fourth-order valence-electron chi connectivity index (χ4n) is 2.91. The van der Waals surface area contributed by atoms with Crippen molar-refractivity contribution in [3.63, 3.8) is 0 Å². The first-order chi connectivity index (χ1) is 10.8. The Balaban J connectivity index is 2.06. The molecule has 124 valence electrons. The SMILES string of the molecule is Cc1cccc(C(C)(C)CCN(C)c2cccc(C(C)C)c2)c1. The Labute approximate surface area is 142 Å². The second-order valence-corrected chi connectivity index (χ2v) is 7.67. The number of hydrogen-bond donors (Lipinski definition) is 0. The first kappa shape index (κ1) is 17.6. The molecule has 0 unspecified atom stereocenters. The molecule has 0 saturated heterocycles. The summed E-state index contributed by atoms with van der Waals surface area (Å²) < 4.78 is 0. The molecule has 1 heteroatoms. The van der Waals surface area contributed by atoms with Crippen LogP contribution >= 0.6 is 0 Å². The van der Waals surface area contributed by atoms with Gasteiger partial charge >= 0.3 is 0 Å². The monoisotopic (exact) mass is 309 g/mol. The molecule has 0 aliphatic rings. The van der Waals surface area contributed by atoms with Crippen LogP contribution in [0.25, 0.3) is 0 Å². The van der Waals surface area contributed by atoms with Crippen LogP contribution in [0, 0.1) is 6.92 Å². The van der Waals surface area contributed by atoms with Crippen molar-refractivity contribution in [1.82, 2.24) is 0 Å². The van der Waals surface area contributed by atoms with Crippen molar-refractivity contribution in [1.29, 1.82) is 0 Å². The van der Waals surface area contributed by atoms with E-state index in [1.807, 2.05) is 0 Å². The lowest BCUT2D eigenvalue weighted by Crippen LogP contribution is -2.27. The van der Waals surface area contributed by atoms with E-state index in [1.54, 1.807) is 0 Å². The molecule has 2 rings (SSSR count). The van der Waals surface area contributed by atoms with Crippen LogP contribution < -0.4 is 4.90 Å². The normalized spacial score (nSPS) is 11.8.